The molecule has 2 heterocycles. The lowest BCUT2D eigenvalue weighted by Crippen LogP contribution is -2.32. The first kappa shape index (κ1) is 16.0. The highest BCUT2D eigenvalue weighted by atomic mass is 19.4. The van der Waals surface area contributed by atoms with E-state index < -0.39 is 17.6 Å². The maximum absolute atomic E-state index is 13.4. The van der Waals surface area contributed by atoms with Crippen molar-refractivity contribution < 1.29 is 27.5 Å². The van der Waals surface area contributed by atoms with Crippen molar-refractivity contribution in [2.45, 2.75) is 6.18 Å². The van der Waals surface area contributed by atoms with Crippen LogP contribution in [0.2, 0.25) is 0 Å². The lowest BCUT2D eigenvalue weighted by atomic mass is 9.97. The van der Waals surface area contributed by atoms with Crippen LogP contribution in [-0.4, -0.2) is 42.8 Å². The first-order valence-electron chi connectivity index (χ1n) is 6.98. The van der Waals surface area contributed by atoms with Crippen LogP contribution in [0, 0.1) is 0 Å². The number of hydrogen-bond acceptors (Lipinski definition) is 4. The second-order valence-corrected chi connectivity index (χ2v) is 5.26. The fourth-order valence-electron chi connectivity index (χ4n) is 2.50. The number of benzene rings is 1. The Hall–Kier alpha value is -2.84. The third-order valence-electron chi connectivity index (χ3n) is 3.63. The van der Waals surface area contributed by atoms with Crippen LogP contribution in [0.25, 0.3) is 5.57 Å². The standard InChI is InChI=1S/C15H12F3N3O3/c16-15(17,18)12-5-9(14-20-19-13(23)7-24-14)1-2-11(12)10-3-4-21(6-10)8-22/h1-3,5,8H,4,6-7H2,(H,19,23). The van der Waals surface area contributed by atoms with Gasteiger partial charge in [0.25, 0.3) is 5.91 Å². The summed E-state index contributed by atoms with van der Waals surface area (Å²) in [7, 11) is 0. The molecule has 126 valence electrons. The number of nitrogens with zero attached hydrogens (tertiary/aromatic N) is 2. The summed E-state index contributed by atoms with van der Waals surface area (Å²) in [4.78, 5) is 23.1. The summed E-state index contributed by atoms with van der Waals surface area (Å²) in [6, 6.07) is 3.68. The number of hydrogen-bond donors (Lipinski definition) is 1. The average molecular weight is 339 g/mol. The molecule has 1 aromatic carbocycles. The SMILES string of the molecule is O=CN1CC=C(c2ccc(C3=NNC(=O)CO3)cc2C(F)(F)F)C1. The minimum absolute atomic E-state index is 0.0102. The molecule has 2 aliphatic rings. The molecule has 6 nitrogen and oxygen atoms in total. The first-order valence-corrected chi connectivity index (χ1v) is 6.98. The number of amides is 2. The van der Waals surface area contributed by atoms with Gasteiger partial charge in [-0.15, -0.1) is 5.10 Å². The Morgan fingerprint density at radius 2 is 2.12 bits per heavy atom. The summed E-state index contributed by atoms with van der Waals surface area (Å²) in [6.45, 7) is 0.0978. The highest BCUT2D eigenvalue weighted by Gasteiger charge is 2.35. The Balaban J connectivity index is 1.99. The molecular weight excluding hydrogens is 327 g/mol. The van der Waals surface area contributed by atoms with E-state index in [1.54, 1.807) is 6.08 Å². The number of alkyl halides is 3. The molecule has 0 atom stereocenters. The molecule has 0 radical (unpaired) electrons. The van der Waals surface area contributed by atoms with Gasteiger partial charge in [-0.1, -0.05) is 12.1 Å². The van der Waals surface area contributed by atoms with E-state index in [0.717, 1.165) is 6.07 Å². The monoisotopic (exact) mass is 339 g/mol. The first-order chi connectivity index (χ1) is 11.4. The quantitative estimate of drug-likeness (QED) is 0.846. The minimum Gasteiger partial charge on any atom is -0.466 e. The zero-order valence-electron chi connectivity index (χ0n) is 12.3. The predicted molar refractivity (Wildman–Crippen MR) is 77.7 cm³/mol. The van der Waals surface area contributed by atoms with Crippen molar-refractivity contribution in [2.24, 2.45) is 5.10 Å². The normalized spacial score (nSPS) is 17.8. The van der Waals surface area contributed by atoms with Crippen molar-refractivity contribution in [3.8, 4) is 0 Å². The van der Waals surface area contributed by atoms with Crippen LogP contribution in [0.1, 0.15) is 16.7 Å². The van der Waals surface area contributed by atoms with Crippen molar-refractivity contribution in [2.75, 3.05) is 19.7 Å². The molecule has 0 spiro atoms. The van der Waals surface area contributed by atoms with Gasteiger partial charge in [-0.3, -0.25) is 9.59 Å². The van der Waals surface area contributed by atoms with Gasteiger partial charge in [-0.05, 0) is 23.3 Å². The maximum atomic E-state index is 13.4. The second-order valence-electron chi connectivity index (χ2n) is 5.26. The lowest BCUT2D eigenvalue weighted by molar-refractivity contribution is -0.137. The number of ether oxygens (including phenoxy) is 1. The number of carbonyl (C=O) groups is 2. The largest absolute Gasteiger partial charge is 0.466 e. The van der Waals surface area contributed by atoms with Crippen molar-refractivity contribution in [3.63, 3.8) is 0 Å². The Kier molecular flexibility index (Phi) is 4.00. The molecule has 24 heavy (non-hydrogen) atoms. The summed E-state index contributed by atoms with van der Waals surface area (Å²) in [6.07, 6.45) is -2.40. The van der Waals surface area contributed by atoms with Gasteiger partial charge in [-0.2, -0.15) is 13.2 Å². The molecule has 0 saturated carbocycles. The Morgan fingerprint density at radius 3 is 2.71 bits per heavy atom. The van der Waals surface area contributed by atoms with Gasteiger partial charge < -0.3 is 9.64 Å². The Labute approximate surface area is 134 Å². The second kappa shape index (κ2) is 5.99. The topological polar surface area (TPSA) is 71.0 Å². The third kappa shape index (κ3) is 3.10. The van der Waals surface area contributed by atoms with E-state index >= 15 is 0 Å². The molecule has 1 aromatic rings. The molecule has 0 saturated heterocycles. The van der Waals surface area contributed by atoms with Crippen LogP contribution < -0.4 is 5.43 Å². The fourth-order valence-corrected chi connectivity index (χ4v) is 2.50. The van der Waals surface area contributed by atoms with Crippen molar-refractivity contribution in [3.05, 3.63) is 41.0 Å². The van der Waals surface area contributed by atoms with E-state index in [9.17, 15) is 22.8 Å². The Bertz CT molecular complexity index is 756. The molecule has 1 N–H and O–H groups in total. The van der Waals surface area contributed by atoms with Gasteiger partial charge >= 0.3 is 6.18 Å². The van der Waals surface area contributed by atoms with Gasteiger partial charge in [0.1, 0.15) is 0 Å². The summed E-state index contributed by atoms with van der Waals surface area (Å²) < 4.78 is 45.3. The van der Waals surface area contributed by atoms with Crippen molar-refractivity contribution in [1.29, 1.82) is 0 Å². The smallest absolute Gasteiger partial charge is 0.417 e. The minimum atomic E-state index is -4.58. The van der Waals surface area contributed by atoms with Crippen LogP contribution in [0.15, 0.2) is 29.4 Å². The molecule has 0 unspecified atom stereocenters. The maximum Gasteiger partial charge on any atom is 0.417 e. The highest BCUT2D eigenvalue weighted by Crippen LogP contribution is 2.37. The van der Waals surface area contributed by atoms with Crippen LogP contribution >= 0.6 is 0 Å². The molecule has 9 heteroatoms. The average Bonchev–Trinajstić information content (AvgIpc) is 3.03. The zero-order chi connectivity index (χ0) is 17.3. The molecule has 0 aromatic heterocycles. The van der Waals surface area contributed by atoms with E-state index in [0.29, 0.717) is 12.0 Å². The third-order valence-corrected chi connectivity index (χ3v) is 3.63. The zero-order valence-corrected chi connectivity index (χ0v) is 12.3. The summed E-state index contributed by atoms with van der Waals surface area (Å²) >= 11 is 0. The number of hydrazone groups is 1. The number of rotatable bonds is 3. The molecule has 2 aliphatic heterocycles. The van der Waals surface area contributed by atoms with Gasteiger partial charge in [0.2, 0.25) is 12.3 Å². The van der Waals surface area contributed by atoms with Crippen LogP contribution in [0.3, 0.4) is 0 Å². The van der Waals surface area contributed by atoms with E-state index in [-0.39, 0.29) is 36.7 Å². The van der Waals surface area contributed by atoms with Crippen LogP contribution in [-0.2, 0) is 20.5 Å². The number of halogens is 3. The molecule has 0 fully saturated rings. The van der Waals surface area contributed by atoms with Gasteiger partial charge in [-0.25, -0.2) is 5.43 Å². The van der Waals surface area contributed by atoms with Crippen molar-refractivity contribution in [1.82, 2.24) is 10.3 Å². The fraction of sp³-hybridized carbons (Fsp3) is 0.267. The van der Waals surface area contributed by atoms with Crippen LogP contribution in [0.5, 0.6) is 0 Å². The van der Waals surface area contributed by atoms with E-state index in [1.807, 2.05) is 0 Å². The number of carbonyl (C=O) groups excluding carboxylic acids is 2. The van der Waals surface area contributed by atoms with Gasteiger partial charge in [0.15, 0.2) is 6.61 Å². The van der Waals surface area contributed by atoms with Gasteiger partial charge in [0, 0.05) is 18.7 Å². The molecule has 0 aliphatic carbocycles. The highest BCUT2D eigenvalue weighted by molar-refractivity contribution is 5.98. The molecular formula is C15H12F3N3O3. The molecule has 0 bridgehead atoms. The molecule has 2 amide bonds. The predicted octanol–water partition coefficient (Wildman–Crippen LogP) is 1.37. The Morgan fingerprint density at radius 1 is 1.33 bits per heavy atom. The van der Waals surface area contributed by atoms with E-state index in [4.69, 9.17) is 4.74 Å². The van der Waals surface area contributed by atoms with Gasteiger partial charge in [0.05, 0.1) is 5.56 Å². The summed E-state index contributed by atoms with van der Waals surface area (Å²) in [5, 5.41) is 3.61. The lowest BCUT2D eigenvalue weighted by Gasteiger charge is -2.18. The summed E-state index contributed by atoms with van der Waals surface area (Å²) in [5.74, 6) is -0.557. The van der Waals surface area contributed by atoms with E-state index in [2.05, 4.69) is 10.5 Å². The van der Waals surface area contributed by atoms with E-state index in [1.165, 1.54) is 17.0 Å². The number of nitrogens with one attached hydrogen (secondary N) is 1. The van der Waals surface area contributed by atoms with Crippen molar-refractivity contribution >= 4 is 23.8 Å². The molecule has 3 rings (SSSR count). The van der Waals surface area contributed by atoms with Crippen LogP contribution in [0.4, 0.5) is 13.2 Å². The summed E-state index contributed by atoms with van der Waals surface area (Å²) in [5.41, 5.74) is 1.86.